The standard InChI is InChI=1S/C26H24F3N3O3/c1-35-23-8-2-5-18(15-23)17-31-13-4-14-32(25(31)34)22-7-3-6-21(16-22)30-24(33)19-9-11-20(12-10-19)26(27,28)29/h2-3,5-12,15-16H,4,13-14,17H2,1H3,(H,30,33). The predicted molar refractivity (Wildman–Crippen MR) is 127 cm³/mol. The summed E-state index contributed by atoms with van der Waals surface area (Å²) in [6, 6.07) is 18.2. The maximum atomic E-state index is 13.2. The highest BCUT2D eigenvalue weighted by atomic mass is 19.4. The lowest BCUT2D eigenvalue weighted by Gasteiger charge is -2.36. The number of nitrogens with one attached hydrogen (secondary N) is 1. The van der Waals surface area contributed by atoms with E-state index in [1.165, 1.54) is 0 Å². The fraction of sp³-hybridized carbons (Fsp3) is 0.231. The summed E-state index contributed by atoms with van der Waals surface area (Å²) in [6.07, 6.45) is -3.69. The lowest BCUT2D eigenvalue weighted by atomic mass is 10.1. The highest BCUT2D eigenvalue weighted by molar-refractivity contribution is 6.04. The number of halogens is 3. The van der Waals surface area contributed by atoms with E-state index in [1.807, 2.05) is 24.3 Å². The summed E-state index contributed by atoms with van der Waals surface area (Å²) < 4.78 is 43.5. The van der Waals surface area contributed by atoms with Crippen LogP contribution in [0.5, 0.6) is 5.75 Å². The van der Waals surface area contributed by atoms with Crippen LogP contribution in [0.1, 0.15) is 27.9 Å². The number of anilines is 2. The summed E-state index contributed by atoms with van der Waals surface area (Å²) >= 11 is 0. The molecule has 0 aromatic heterocycles. The Hall–Kier alpha value is -4.01. The van der Waals surface area contributed by atoms with Crippen molar-refractivity contribution >= 4 is 23.3 Å². The number of amides is 3. The van der Waals surface area contributed by atoms with Crippen molar-refractivity contribution in [2.75, 3.05) is 30.4 Å². The van der Waals surface area contributed by atoms with Crippen LogP contribution in [0.25, 0.3) is 0 Å². The van der Waals surface area contributed by atoms with Crippen LogP contribution >= 0.6 is 0 Å². The lowest BCUT2D eigenvalue weighted by Crippen LogP contribution is -2.49. The van der Waals surface area contributed by atoms with Gasteiger partial charge in [-0.25, -0.2) is 4.79 Å². The Kier molecular flexibility index (Phi) is 6.95. The first kappa shape index (κ1) is 24.1. The quantitative estimate of drug-likeness (QED) is 0.482. The largest absolute Gasteiger partial charge is 0.497 e. The molecule has 3 amide bonds. The van der Waals surface area contributed by atoms with Crippen LogP contribution < -0.4 is 15.0 Å². The smallest absolute Gasteiger partial charge is 0.416 e. The number of urea groups is 1. The SMILES string of the molecule is COc1cccc(CN2CCCN(c3cccc(NC(=O)c4ccc(C(F)(F)F)cc4)c3)C2=O)c1. The van der Waals surface area contributed by atoms with E-state index in [-0.39, 0.29) is 11.6 Å². The number of rotatable bonds is 6. The summed E-state index contributed by atoms with van der Waals surface area (Å²) in [5, 5.41) is 2.69. The molecular formula is C26H24F3N3O3. The summed E-state index contributed by atoms with van der Waals surface area (Å²) in [5.41, 5.74) is 1.29. The molecule has 182 valence electrons. The van der Waals surface area contributed by atoms with Gasteiger partial charge >= 0.3 is 12.2 Å². The minimum Gasteiger partial charge on any atom is -0.497 e. The first-order valence-corrected chi connectivity index (χ1v) is 11.0. The number of benzene rings is 3. The summed E-state index contributed by atoms with van der Waals surface area (Å²) in [6.45, 7) is 1.59. The Morgan fingerprint density at radius 3 is 2.46 bits per heavy atom. The van der Waals surface area contributed by atoms with Crippen LogP contribution in [0.2, 0.25) is 0 Å². The van der Waals surface area contributed by atoms with E-state index >= 15 is 0 Å². The Morgan fingerprint density at radius 1 is 1.00 bits per heavy atom. The number of hydrogen-bond acceptors (Lipinski definition) is 3. The minimum absolute atomic E-state index is 0.0990. The molecule has 1 N–H and O–H groups in total. The summed E-state index contributed by atoms with van der Waals surface area (Å²) in [4.78, 5) is 29.1. The fourth-order valence-corrected chi connectivity index (χ4v) is 3.92. The zero-order valence-corrected chi connectivity index (χ0v) is 19.0. The van der Waals surface area contributed by atoms with Gasteiger partial charge in [0, 0.05) is 36.6 Å². The molecule has 0 spiro atoms. The van der Waals surface area contributed by atoms with Crippen LogP contribution in [-0.4, -0.2) is 37.0 Å². The zero-order valence-electron chi connectivity index (χ0n) is 19.0. The van der Waals surface area contributed by atoms with Crippen molar-refractivity contribution < 1.29 is 27.5 Å². The van der Waals surface area contributed by atoms with Crippen molar-refractivity contribution in [3.63, 3.8) is 0 Å². The molecular weight excluding hydrogens is 459 g/mol. The number of nitrogens with zero attached hydrogens (tertiary/aromatic N) is 2. The Labute approximate surface area is 200 Å². The van der Waals surface area contributed by atoms with Crippen molar-refractivity contribution in [1.82, 2.24) is 4.90 Å². The first-order valence-electron chi connectivity index (χ1n) is 11.0. The van der Waals surface area contributed by atoms with E-state index in [0.29, 0.717) is 31.0 Å². The zero-order chi connectivity index (χ0) is 25.0. The number of carbonyl (C=O) groups is 2. The van der Waals surface area contributed by atoms with E-state index in [4.69, 9.17) is 4.74 Å². The molecule has 35 heavy (non-hydrogen) atoms. The van der Waals surface area contributed by atoms with Crippen LogP contribution in [-0.2, 0) is 12.7 Å². The van der Waals surface area contributed by atoms with Gasteiger partial charge in [-0.05, 0) is 66.6 Å². The van der Waals surface area contributed by atoms with Crippen molar-refractivity contribution in [1.29, 1.82) is 0 Å². The van der Waals surface area contributed by atoms with E-state index in [1.54, 1.807) is 41.2 Å². The second-order valence-electron chi connectivity index (χ2n) is 8.14. The molecule has 0 radical (unpaired) electrons. The molecule has 1 heterocycles. The molecule has 0 unspecified atom stereocenters. The highest BCUT2D eigenvalue weighted by Gasteiger charge is 2.30. The molecule has 1 fully saturated rings. The van der Waals surface area contributed by atoms with E-state index in [9.17, 15) is 22.8 Å². The van der Waals surface area contributed by atoms with Gasteiger partial charge in [0.1, 0.15) is 5.75 Å². The highest BCUT2D eigenvalue weighted by Crippen LogP contribution is 2.29. The van der Waals surface area contributed by atoms with Crippen molar-refractivity contribution in [2.45, 2.75) is 19.1 Å². The average Bonchev–Trinajstić information content (AvgIpc) is 2.85. The maximum Gasteiger partial charge on any atom is 0.416 e. The Balaban J connectivity index is 1.45. The first-order chi connectivity index (χ1) is 16.7. The topological polar surface area (TPSA) is 61.9 Å². The van der Waals surface area contributed by atoms with Gasteiger partial charge in [0.05, 0.1) is 12.7 Å². The molecule has 0 atom stereocenters. The molecule has 6 nitrogen and oxygen atoms in total. The molecule has 0 aliphatic carbocycles. The second kappa shape index (κ2) is 10.1. The van der Waals surface area contributed by atoms with Crippen LogP contribution in [0.3, 0.4) is 0 Å². The van der Waals surface area contributed by atoms with Gasteiger partial charge in [0.15, 0.2) is 0 Å². The normalized spacial score (nSPS) is 14.1. The van der Waals surface area contributed by atoms with Crippen molar-refractivity contribution in [3.05, 3.63) is 89.5 Å². The second-order valence-corrected chi connectivity index (χ2v) is 8.14. The molecule has 3 aromatic rings. The van der Waals surface area contributed by atoms with E-state index in [0.717, 1.165) is 42.0 Å². The monoisotopic (exact) mass is 483 g/mol. The van der Waals surface area contributed by atoms with E-state index in [2.05, 4.69) is 5.32 Å². The maximum absolute atomic E-state index is 13.2. The van der Waals surface area contributed by atoms with Crippen LogP contribution in [0, 0.1) is 0 Å². The Morgan fingerprint density at radius 2 is 1.74 bits per heavy atom. The summed E-state index contributed by atoms with van der Waals surface area (Å²) in [5.74, 6) is 0.181. The van der Waals surface area contributed by atoms with Crippen molar-refractivity contribution in [3.8, 4) is 5.75 Å². The van der Waals surface area contributed by atoms with Gasteiger partial charge in [0.25, 0.3) is 5.91 Å². The minimum atomic E-state index is -4.47. The molecule has 1 aliphatic rings. The van der Waals surface area contributed by atoms with Gasteiger partial charge in [-0.1, -0.05) is 18.2 Å². The molecule has 4 rings (SSSR count). The molecule has 9 heteroatoms. The molecule has 1 saturated heterocycles. The number of carbonyl (C=O) groups excluding carboxylic acids is 2. The Bertz CT molecular complexity index is 1210. The fourth-order valence-electron chi connectivity index (χ4n) is 3.92. The van der Waals surface area contributed by atoms with Gasteiger partial charge in [-0.3, -0.25) is 9.69 Å². The molecule has 0 saturated carbocycles. The van der Waals surface area contributed by atoms with Gasteiger partial charge in [-0.15, -0.1) is 0 Å². The van der Waals surface area contributed by atoms with Gasteiger partial charge in [0.2, 0.25) is 0 Å². The number of hydrogen-bond donors (Lipinski definition) is 1. The summed E-state index contributed by atoms with van der Waals surface area (Å²) in [7, 11) is 1.59. The van der Waals surface area contributed by atoms with Crippen molar-refractivity contribution in [2.24, 2.45) is 0 Å². The van der Waals surface area contributed by atoms with E-state index < -0.39 is 17.6 Å². The third kappa shape index (κ3) is 5.74. The predicted octanol–water partition coefficient (Wildman–Crippen LogP) is 5.80. The average molecular weight is 483 g/mol. The number of methoxy groups -OCH3 is 1. The molecule has 1 aliphatic heterocycles. The third-order valence-electron chi connectivity index (χ3n) is 5.71. The molecule has 3 aromatic carbocycles. The molecule has 0 bridgehead atoms. The number of alkyl halides is 3. The van der Waals surface area contributed by atoms with Crippen LogP contribution in [0.15, 0.2) is 72.8 Å². The van der Waals surface area contributed by atoms with Crippen LogP contribution in [0.4, 0.5) is 29.3 Å². The van der Waals surface area contributed by atoms with Gasteiger partial charge in [-0.2, -0.15) is 13.2 Å². The third-order valence-corrected chi connectivity index (χ3v) is 5.71. The van der Waals surface area contributed by atoms with Gasteiger partial charge < -0.3 is 15.0 Å². The lowest BCUT2D eigenvalue weighted by molar-refractivity contribution is -0.137. The number of ether oxygens (including phenoxy) is 1.